The fourth-order valence-electron chi connectivity index (χ4n) is 2.36. The van der Waals surface area contributed by atoms with E-state index in [-0.39, 0.29) is 5.41 Å². The molecule has 0 aromatic carbocycles. The summed E-state index contributed by atoms with van der Waals surface area (Å²) in [4.78, 5) is 12.4. The van der Waals surface area contributed by atoms with Crippen molar-refractivity contribution in [2.24, 2.45) is 11.3 Å². The topological polar surface area (TPSA) is 26.3 Å². The molecule has 96 valence electrons. The summed E-state index contributed by atoms with van der Waals surface area (Å²) in [7, 11) is 1.69. The van der Waals surface area contributed by atoms with Gasteiger partial charge in [-0.3, -0.25) is 4.79 Å². The molecule has 0 aromatic heterocycles. The lowest BCUT2D eigenvalue weighted by Crippen LogP contribution is -2.40. The van der Waals surface area contributed by atoms with Crippen LogP contribution < -0.4 is 0 Å². The van der Waals surface area contributed by atoms with Gasteiger partial charge in [0, 0.05) is 13.5 Å². The van der Waals surface area contributed by atoms with Crippen LogP contribution >= 0.6 is 0 Å². The van der Waals surface area contributed by atoms with Crippen LogP contribution in [0.25, 0.3) is 0 Å². The van der Waals surface area contributed by atoms with Crippen LogP contribution in [0.15, 0.2) is 0 Å². The van der Waals surface area contributed by atoms with Crippen molar-refractivity contribution in [1.29, 1.82) is 0 Å². The molecule has 0 N–H and O–H groups in total. The van der Waals surface area contributed by atoms with Gasteiger partial charge in [0.25, 0.3) is 0 Å². The summed E-state index contributed by atoms with van der Waals surface area (Å²) < 4.78 is 5.30. The maximum Gasteiger partial charge on any atom is 0.141 e. The van der Waals surface area contributed by atoms with Crippen LogP contribution in [0.3, 0.4) is 0 Å². The van der Waals surface area contributed by atoms with E-state index in [1.54, 1.807) is 7.11 Å². The molecule has 1 atom stereocenters. The molecule has 0 aliphatic rings. The third-order valence-corrected chi connectivity index (χ3v) is 3.52. The van der Waals surface area contributed by atoms with Gasteiger partial charge in [-0.2, -0.15) is 0 Å². The van der Waals surface area contributed by atoms with Gasteiger partial charge in [-0.25, -0.2) is 0 Å². The second-order valence-corrected chi connectivity index (χ2v) is 5.02. The third-order valence-electron chi connectivity index (χ3n) is 3.52. The molecule has 0 saturated heterocycles. The Labute approximate surface area is 101 Å². The Morgan fingerprint density at radius 2 is 1.88 bits per heavy atom. The zero-order valence-electron chi connectivity index (χ0n) is 11.6. The summed E-state index contributed by atoms with van der Waals surface area (Å²) in [5.41, 5.74) is -0.251. The van der Waals surface area contributed by atoms with E-state index in [1.165, 1.54) is 0 Å². The molecular formula is C14H28O2. The lowest BCUT2D eigenvalue weighted by atomic mass is 9.70. The number of carbonyl (C=O) groups excluding carboxylic acids is 1. The van der Waals surface area contributed by atoms with Gasteiger partial charge in [-0.05, 0) is 18.8 Å². The highest BCUT2D eigenvalue weighted by Crippen LogP contribution is 2.36. The second kappa shape index (κ2) is 7.83. The first kappa shape index (κ1) is 15.6. The SMILES string of the molecule is CCCCC(=O)C(CCC)(COC)C(C)C. The largest absolute Gasteiger partial charge is 0.384 e. The molecule has 2 nitrogen and oxygen atoms in total. The van der Waals surface area contributed by atoms with Crippen LogP contribution in [-0.2, 0) is 9.53 Å². The number of methoxy groups -OCH3 is 1. The molecule has 0 aliphatic heterocycles. The molecule has 0 rings (SSSR count). The average molecular weight is 228 g/mol. The zero-order valence-corrected chi connectivity index (χ0v) is 11.6. The van der Waals surface area contributed by atoms with E-state index in [1.807, 2.05) is 0 Å². The normalized spacial score (nSPS) is 15.1. The molecule has 2 heteroatoms. The van der Waals surface area contributed by atoms with Gasteiger partial charge < -0.3 is 4.74 Å². The Morgan fingerprint density at radius 3 is 2.25 bits per heavy atom. The van der Waals surface area contributed by atoms with Gasteiger partial charge in [0.15, 0.2) is 0 Å². The molecule has 0 aromatic rings. The highest BCUT2D eigenvalue weighted by molar-refractivity contribution is 5.85. The van der Waals surface area contributed by atoms with Crippen molar-refractivity contribution in [2.75, 3.05) is 13.7 Å². The Hall–Kier alpha value is -0.370. The van der Waals surface area contributed by atoms with Crippen molar-refractivity contribution < 1.29 is 9.53 Å². The van der Waals surface area contributed by atoms with E-state index < -0.39 is 0 Å². The smallest absolute Gasteiger partial charge is 0.141 e. The number of hydrogen-bond donors (Lipinski definition) is 0. The van der Waals surface area contributed by atoms with Crippen LogP contribution in [0, 0.1) is 11.3 Å². The number of ether oxygens (including phenoxy) is 1. The summed E-state index contributed by atoms with van der Waals surface area (Å²) in [6, 6.07) is 0. The van der Waals surface area contributed by atoms with Crippen LogP contribution in [0.4, 0.5) is 0 Å². The molecule has 0 heterocycles. The lowest BCUT2D eigenvalue weighted by Gasteiger charge is -2.35. The number of Topliss-reactive ketones (excluding diaryl/α,β-unsaturated/α-hetero) is 1. The lowest BCUT2D eigenvalue weighted by molar-refractivity contribution is -0.136. The molecule has 0 bridgehead atoms. The van der Waals surface area contributed by atoms with Crippen molar-refractivity contribution in [3.05, 3.63) is 0 Å². The maximum atomic E-state index is 12.4. The van der Waals surface area contributed by atoms with E-state index in [4.69, 9.17) is 4.74 Å². The summed E-state index contributed by atoms with van der Waals surface area (Å²) >= 11 is 0. The monoisotopic (exact) mass is 228 g/mol. The highest BCUT2D eigenvalue weighted by Gasteiger charge is 2.39. The predicted molar refractivity (Wildman–Crippen MR) is 68.6 cm³/mol. The molecule has 0 aliphatic carbocycles. The summed E-state index contributed by atoms with van der Waals surface area (Å²) in [5.74, 6) is 0.754. The molecule has 0 fully saturated rings. The summed E-state index contributed by atoms with van der Waals surface area (Å²) in [6.07, 6.45) is 4.78. The van der Waals surface area contributed by atoms with Crippen LogP contribution in [0.5, 0.6) is 0 Å². The standard InChI is InChI=1S/C14H28O2/c1-6-8-9-13(15)14(10-7-2,11-16-5)12(3)4/h12H,6-11H2,1-5H3. The van der Waals surface area contributed by atoms with Gasteiger partial charge in [0.2, 0.25) is 0 Å². The minimum Gasteiger partial charge on any atom is -0.384 e. The van der Waals surface area contributed by atoms with Crippen molar-refractivity contribution in [1.82, 2.24) is 0 Å². The third kappa shape index (κ3) is 3.89. The van der Waals surface area contributed by atoms with Crippen molar-refractivity contribution in [3.8, 4) is 0 Å². The van der Waals surface area contributed by atoms with Gasteiger partial charge in [-0.1, -0.05) is 40.5 Å². The predicted octanol–water partition coefficient (Wildman–Crippen LogP) is 3.83. The van der Waals surface area contributed by atoms with Crippen LogP contribution in [0.1, 0.15) is 59.8 Å². The first-order valence-corrected chi connectivity index (χ1v) is 6.57. The molecular weight excluding hydrogens is 200 g/mol. The van der Waals surface area contributed by atoms with Crippen molar-refractivity contribution in [2.45, 2.75) is 59.8 Å². The first-order chi connectivity index (χ1) is 7.55. The van der Waals surface area contributed by atoms with Gasteiger partial charge in [0.05, 0.1) is 12.0 Å². The van der Waals surface area contributed by atoms with Crippen LogP contribution in [0.2, 0.25) is 0 Å². The molecule has 1 unspecified atom stereocenters. The number of carbonyl (C=O) groups is 1. The van der Waals surface area contributed by atoms with Crippen molar-refractivity contribution >= 4 is 5.78 Å². The molecule has 0 amide bonds. The van der Waals surface area contributed by atoms with Gasteiger partial charge in [-0.15, -0.1) is 0 Å². The molecule has 0 radical (unpaired) electrons. The number of ketones is 1. The first-order valence-electron chi connectivity index (χ1n) is 6.57. The van der Waals surface area contributed by atoms with E-state index >= 15 is 0 Å². The van der Waals surface area contributed by atoms with Crippen molar-refractivity contribution in [3.63, 3.8) is 0 Å². The van der Waals surface area contributed by atoms with Gasteiger partial charge >= 0.3 is 0 Å². The Kier molecular flexibility index (Phi) is 7.65. The number of unbranched alkanes of at least 4 members (excludes halogenated alkanes) is 1. The highest BCUT2D eigenvalue weighted by atomic mass is 16.5. The van der Waals surface area contributed by atoms with Gasteiger partial charge in [0.1, 0.15) is 5.78 Å². The summed E-state index contributed by atoms with van der Waals surface area (Å²) in [6.45, 7) is 9.11. The maximum absolute atomic E-state index is 12.4. The van der Waals surface area contributed by atoms with E-state index in [9.17, 15) is 4.79 Å². The minimum absolute atomic E-state index is 0.251. The Balaban J connectivity index is 4.77. The fourth-order valence-corrected chi connectivity index (χ4v) is 2.36. The Morgan fingerprint density at radius 1 is 1.25 bits per heavy atom. The van der Waals surface area contributed by atoms with Crippen LogP contribution in [-0.4, -0.2) is 19.5 Å². The Bertz CT molecular complexity index is 191. The average Bonchev–Trinajstić information content (AvgIpc) is 2.24. The number of rotatable bonds is 9. The fraction of sp³-hybridized carbons (Fsp3) is 0.929. The quantitative estimate of drug-likeness (QED) is 0.599. The molecule has 0 spiro atoms. The van der Waals surface area contributed by atoms with E-state index in [0.717, 1.165) is 25.7 Å². The number of hydrogen-bond acceptors (Lipinski definition) is 2. The van der Waals surface area contributed by atoms with E-state index in [2.05, 4.69) is 27.7 Å². The zero-order chi connectivity index (χ0) is 12.6. The molecule has 0 saturated carbocycles. The summed E-state index contributed by atoms with van der Waals surface area (Å²) in [5, 5.41) is 0. The second-order valence-electron chi connectivity index (χ2n) is 5.02. The molecule has 16 heavy (non-hydrogen) atoms. The van der Waals surface area contributed by atoms with E-state index in [0.29, 0.717) is 24.7 Å². The minimum atomic E-state index is -0.251.